The molecule has 0 aliphatic carbocycles. The molecule has 0 aliphatic rings. The molecule has 3 nitrogen and oxygen atoms in total. The predicted octanol–water partition coefficient (Wildman–Crippen LogP) is 1.68. The quantitative estimate of drug-likeness (QED) is 0.850. The van der Waals surface area contributed by atoms with Gasteiger partial charge in [0.05, 0.1) is 6.61 Å². The summed E-state index contributed by atoms with van der Waals surface area (Å²) in [7, 11) is 1.71. The molecule has 0 fully saturated rings. The molecule has 1 amide bonds. The molecule has 0 unspecified atom stereocenters. The van der Waals surface area contributed by atoms with Crippen LogP contribution in [0.3, 0.4) is 0 Å². The standard InChI is InChI=1S/C11H14ClNO2/c1-13(11(15)6-7-14)8-9-2-4-10(12)5-3-9/h2-5,14H,6-8H2,1H3. The molecule has 1 N–H and O–H groups in total. The van der Waals surface area contributed by atoms with E-state index in [1.54, 1.807) is 24.1 Å². The van der Waals surface area contributed by atoms with E-state index in [0.717, 1.165) is 5.56 Å². The highest BCUT2D eigenvalue weighted by atomic mass is 35.5. The van der Waals surface area contributed by atoms with Gasteiger partial charge in [-0.05, 0) is 17.7 Å². The van der Waals surface area contributed by atoms with Crippen LogP contribution in [0.2, 0.25) is 5.02 Å². The Morgan fingerprint density at radius 3 is 2.53 bits per heavy atom. The summed E-state index contributed by atoms with van der Waals surface area (Å²) in [4.78, 5) is 12.9. The van der Waals surface area contributed by atoms with E-state index in [2.05, 4.69) is 0 Å². The smallest absolute Gasteiger partial charge is 0.224 e. The first-order valence-electron chi connectivity index (χ1n) is 4.72. The van der Waals surface area contributed by atoms with Crippen molar-refractivity contribution in [3.8, 4) is 0 Å². The van der Waals surface area contributed by atoms with Gasteiger partial charge in [-0.3, -0.25) is 4.79 Å². The number of hydrogen-bond donors (Lipinski definition) is 1. The minimum Gasteiger partial charge on any atom is -0.396 e. The Hall–Kier alpha value is -1.06. The van der Waals surface area contributed by atoms with Crippen LogP contribution in [0, 0.1) is 0 Å². The zero-order chi connectivity index (χ0) is 11.3. The average molecular weight is 228 g/mol. The first-order valence-corrected chi connectivity index (χ1v) is 5.10. The van der Waals surface area contributed by atoms with Crippen molar-refractivity contribution in [1.82, 2.24) is 4.90 Å². The second kappa shape index (κ2) is 5.73. The summed E-state index contributed by atoms with van der Waals surface area (Å²) in [5, 5.41) is 9.31. The van der Waals surface area contributed by atoms with Crippen molar-refractivity contribution in [1.29, 1.82) is 0 Å². The summed E-state index contributed by atoms with van der Waals surface area (Å²) in [6.45, 7) is 0.430. The van der Waals surface area contributed by atoms with Gasteiger partial charge in [0.25, 0.3) is 0 Å². The third kappa shape index (κ3) is 3.90. The largest absolute Gasteiger partial charge is 0.396 e. The lowest BCUT2D eigenvalue weighted by Gasteiger charge is -2.16. The van der Waals surface area contributed by atoms with Crippen molar-refractivity contribution in [2.45, 2.75) is 13.0 Å². The molecule has 1 rings (SSSR count). The molecule has 0 atom stereocenters. The minimum atomic E-state index is -0.107. The van der Waals surface area contributed by atoms with Crippen molar-refractivity contribution >= 4 is 17.5 Å². The van der Waals surface area contributed by atoms with Gasteiger partial charge in [-0.2, -0.15) is 0 Å². The summed E-state index contributed by atoms with van der Waals surface area (Å²) in [6, 6.07) is 7.35. The van der Waals surface area contributed by atoms with E-state index in [-0.39, 0.29) is 18.9 Å². The maximum absolute atomic E-state index is 11.4. The lowest BCUT2D eigenvalue weighted by molar-refractivity contribution is -0.131. The van der Waals surface area contributed by atoms with Crippen LogP contribution in [0.4, 0.5) is 0 Å². The zero-order valence-electron chi connectivity index (χ0n) is 8.61. The van der Waals surface area contributed by atoms with Gasteiger partial charge in [-0.1, -0.05) is 23.7 Å². The van der Waals surface area contributed by atoms with Crippen molar-refractivity contribution in [3.63, 3.8) is 0 Å². The fourth-order valence-corrected chi connectivity index (χ4v) is 1.36. The zero-order valence-corrected chi connectivity index (χ0v) is 9.37. The Balaban J connectivity index is 2.54. The van der Waals surface area contributed by atoms with Crippen LogP contribution >= 0.6 is 11.6 Å². The molecule has 82 valence electrons. The number of carbonyl (C=O) groups excluding carboxylic acids is 1. The number of halogens is 1. The van der Waals surface area contributed by atoms with Crippen LogP contribution in [0.25, 0.3) is 0 Å². The molecule has 1 aromatic carbocycles. The summed E-state index contributed by atoms with van der Waals surface area (Å²) < 4.78 is 0. The van der Waals surface area contributed by atoms with E-state index in [4.69, 9.17) is 16.7 Å². The van der Waals surface area contributed by atoms with Crippen molar-refractivity contribution in [3.05, 3.63) is 34.9 Å². The second-order valence-electron chi connectivity index (χ2n) is 3.35. The molecule has 0 bridgehead atoms. The van der Waals surface area contributed by atoms with Crippen molar-refractivity contribution in [2.24, 2.45) is 0 Å². The van der Waals surface area contributed by atoms with Gasteiger partial charge in [0, 0.05) is 25.0 Å². The van der Waals surface area contributed by atoms with Crippen LogP contribution < -0.4 is 0 Å². The van der Waals surface area contributed by atoms with Crippen molar-refractivity contribution in [2.75, 3.05) is 13.7 Å². The van der Waals surface area contributed by atoms with Crippen molar-refractivity contribution < 1.29 is 9.90 Å². The molecule has 0 heterocycles. The minimum absolute atomic E-state index is 0.0625. The van der Waals surface area contributed by atoms with Crippen LogP contribution in [0.1, 0.15) is 12.0 Å². The summed E-state index contributed by atoms with van der Waals surface area (Å²) in [6.07, 6.45) is 0.171. The molecule has 0 spiro atoms. The third-order valence-corrected chi connectivity index (χ3v) is 2.34. The second-order valence-corrected chi connectivity index (χ2v) is 3.79. The van der Waals surface area contributed by atoms with Gasteiger partial charge < -0.3 is 10.0 Å². The topological polar surface area (TPSA) is 40.5 Å². The SMILES string of the molecule is CN(Cc1ccc(Cl)cc1)C(=O)CCO. The molecule has 0 radical (unpaired) electrons. The number of hydrogen-bond acceptors (Lipinski definition) is 2. The molecule has 15 heavy (non-hydrogen) atoms. The highest BCUT2D eigenvalue weighted by Crippen LogP contribution is 2.11. The number of carbonyl (C=O) groups is 1. The summed E-state index contributed by atoms with van der Waals surface area (Å²) >= 11 is 5.75. The number of nitrogens with zero attached hydrogens (tertiary/aromatic N) is 1. The molecular weight excluding hydrogens is 214 g/mol. The first-order chi connectivity index (χ1) is 7.13. The van der Waals surface area contributed by atoms with E-state index >= 15 is 0 Å². The van der Waals surface area contributed by atoms with Gasteiger partial charge in [0.15, 0.2) is 0 Å². The number of amides is 1. The number of aliphatic hydroxyl groups is 1. The highest BCUT2D eigenvalue weighted by Gasteiger charge is 2.07. The van der Waals surface area contributed by atoms with E-state index in [9.17, 15) is 4.79 Å². The fourth-order valence-electron chi connectivity index (χ4n) is 1.24. The molecule has 0 saturated carbocycles. The number of rotatable bonds is 4. The van der Waals surface area contributed by atoms with Gasteiger partial charge in [0.1, 0.15) is 0 Å². The average Bonchev–Trinajstić information content (AvgIpc) is 2.22. The maximum atomic E-state index is 11.4. The molecule has 1 aromatic rings. The Kier molecular flexibility index (Phi) is 4.59. The van der Waals surface area contributed by atoms with E-state index < -0.39 is 0 Å². The van der Waals surface area contributed by atoms with E-state index in [1.165, 1.54) is 0 Å². The van der Waals surface area contributed by atoms with Gasteiger partial charge in [0.2, 0.25) is 5.91 Å². The highest BCUT2D eigenvalue weighted by molar-refractivity contribution is 6.30. The number of benzene rings is 1. The Morgan fingerprint density at radius 2 is 2.00 bits per heavy atom. The lowest BCUT2D eigenvalue weighted by atomic mass is 10.2. The van der Waals surface area contributed by atoms with Crippen LogP contribution in [-0.2, 0) is 11.3 Å². The lowest BCUT2D eigenvalue weighted by Crippen LogP contribution is -2.26. The van der Waals surface area contributed by atoms with E-state index in [0.29, 0.717) is 11.6 Å². The van der Waals surface area contributed by atoms with Gasteiger partial charge in [-0.15, -0.1) is 0 Å². The normalized spacial score (nSPS) is 10.1. The van der Waals surface area contributed by atoms with Crippen LogP contribution in [0.5, 0.6) is 0 Å². The third-order valence-electron chi connectivity index (χ3n) is 2.08. The Bertz CT molecular complexity index is 324. The maximum Gasteiger partial charge on any atom is 0.224 e. The predicted molar refractivity (Wildman–Crippen MR) is 59.6 cm³/mol. The Labute approximate surface area is 94.3 Å². The van der Waals surface area contributed by atoms with Gasteiger partial charge in [-0.25, -0.2) is 0 Å². The van der Waals surface area contributed by atoms with Crippen LogP contribution in [0.15, 0.2) is 24.3 Å². The fraction of sp³-hybridized carbons (Fsp3) is 0.364. The summed E-state index contributed by atoms with van der Waals surface area (Å²) in [5.41, 5.74) is 1.02. The Morgan fingerprint density at radius 1 is 1.40 bits per heavy atom. The molecule has 4 heteroatoms. The van der Waals surface area contributed by atoms with E-state index in [1.807, 2.05) is 12.1 Å². The molecule has 0 aromatic heterocycles. The van der Waals surface area contributed by atoms with Gasteiger partial charge >= 0.3 is 0 Å². The molecule has 0 aliphatic heterocycles. The number of aliphatic hydroxyl groups excluding tert-OH is 1. The summed E-state index contributed by atoms with van der Waals surface area (Å²) in [5.74, 6) is -0.0625. The molecular formula is C11H14ClNO2. The van der Waals surface area contributed by atoms with Crippen LogP contribution in [-0.4, -0.2) is 29.6 Å². The molecule has 0 saturated heterocycles. The monoisotopic (exact) mass is 227 g/mol. The first kappa shape index (κ1) is 12.0.